The lowest BCUT2D eigenvalue weighted by Gasteiger charge is -2.38. The minimum Gasteiger partial charge on any atom is -0.481 e. The van der Waals surface area contributed by atoms with Gasteiger partial charge in [-0.3, -0.25) is 9.10 Å². The van der Waals surface area contributed by atoms with Crippen LogP contribution < -0.4 is 4.31 Å². The molecule has 0 aromatic heterocycles. The first-order valence-corrected chi connectivity index (χ1v) is 9.49. The lowest BCUT2D eigenvalue weighted by Crippen LogP contribution is -2.49. The predicted octanol–water partition coefficient (Wildman–Crippen LogP) is 1.79. The monoisotopic (exact) mass is 336 g/mol. The van der Waals surface area contributed by atoms with Crippen LogP contribution in [0.15, 0.2) is 24.3 Å². The Bertz CT molecular complexity index is 748. The maximum Gasteiger partial charge on any atom is 0.311 e. The second-order valence-electron chi connectivity index (χ2n) is 6.72. The van der Waals surface area contributed by atoms with Gasteiger partial charge in [0.1, 0.15) is 0 Å². The van der Waals surface area contributed by atoms with Gasteiger partial charge in [0, 0.05) is 19.1 Å². The Labute approximate surface area is 135 Å². The minimum atomic E-state index is -3.58. The molecule has 1 aliphatic carbocycles. The van der Waals surface area contributed by atoms with Gasteiger partial charge in [-0.05, 0) is 43.2 Å². The summed E-state index contributed by atoms with van der Waals surface area (Å²) in [5.41, 5.74) is 1.12. The third kappa shape index (κ3) is 2.25. The maximum absolute atomic E-state index is 13.1. The zero-order valence-corrected chi connectivity index (χ0v) is 13.6. The number of benzene rings is 1. The Morgan fingerprint density at radius 1 is 1.17 bits per heavy atom. The number of hydrogen-bond acceptors (Lipinski definition) is 3. The molecule has 2 heterocycles. The predicted molar refractivity (Wildman–Crippen MR) is 85.5 cm³/mol. The van der Waals surface area contributed by atoms with Crippen molar-refractivity contribution in [3.05, 3.63) is 29.8 Å². The smallest absolute Gasteiger partial charge is 0.311 e. The SMILES string of the molecule is O=C(O)C1CCN(S(=O)(=O)N2CC3CCC2C3)c2ccccc21. The summed E-state index contributed by atoms with van der Waals surface area (Å²) < 4.78 is 29.3. The molecule has 6 nitrogen and oxygen atoms in total. The van der Waals surface area contributed by atoms with Crippen LogP contribution in [0.5, 0.6) is 0 Å². The van der Waals surface area contributed by atoms with E-state index in [9.17, 15) is 18.3 Å². The lowest BCUT2D eigenvalue weighted by atomic mass is 9.91. The molecule has 2 fully saturated rings. The molecule has 1 aromatic rings. The Balaban J connectivity index is 1.72. The van der Waals surface area contributed by atoms with Crippen molar-refractivity contribution in [2.75, 3.05) is 17.4 Å². The molecule has 7 heteroatoms. The highest BCUT2D eigenvalue weighted by Crippen LogP contribution is 2.43. The van der Waals surface area contributed by atoms with Crippen LogP contribution in [0.2, 0.25) is 0 Å². The number of anilines is 1. The first kappa shape index (κ1) is 15.0. The van der Waals surface area contributed by atoms with Gasteiger partial charge in [-0.2, -0.15) is 12.7 Å². The third-order valence-corrected chi connectivity index (χ3v) is 7.41. The van der Waals surface area contributed by atoms with E-state index < -0.39 is 22.1 Å². The van der Waals surface area contributed by atoms with Crippen LogP contribution in [0.25, 0.3) is 0 Å². The van der Waals surface area contributed by atoms with Crippen LogP contribution in [0.4, 0.5) is 5.69 Å². The summed E-state index contributed by atoms with van der Waals surface area (Å²) in [4.78, 5) is 11.5. The van der Waals surface area contributed by atoms with Crippen LogP contribution in [-0.2, 0) is 15.0 Å². The fourth-order valence-corrected chi connectivity index (χ4v) is 6.29. The molecule has 2 bridgehead atoms. The number of carbonyl (C=O) groups is 1. The number of nitrogens with zero attached hydrogens (tertiary/aromatic N) is 2. The number of hydrogen-bond donors (Lipinski definition) is 1. The van der Waals surface area contributed by atoms with Gasteiger partial charge in [0.25, 0.3) is 0 Å². The molecular formula is C16H20N2O4S. The van der Waals surface area contributed by atoms with Gasteiger partial charge in [0.15, 0.2) is 0 Å². The molecule has 0 spiro atoms. The number of carboxylic acids is 1. The number of fused-ring (bicyclic) bond motifs is 3. The lowest BCUT2D eigenvalue weighted by molar-refractivity contribution is -0.139. The topological polar surface area (TPSA) is 77.9 Å². The van der Waals surface area contributed by atoms with Crippen LogP contribution in [-0.4, -0.2) is 42.9 Å². The molecule has 2 aliphatic heterocycles. The molecule has 0 amide bonds. The highest BCUT2D eigenvalue weighted by atomic mass is 32.2. The van der Waals surface area contributed by atoms with Crippen LogP contribution in [0, 0.1) is 5.92 Å². The maximum atomic E-state index is 13.1. The zero-order chi connectivity index (χ0) is 16.2. The first-order chi connectivity index (χ1) is 11.0. The average Bonchev–Trinajstić information content (AvgIpc) is 3.16. The van der Waals surface area contributed by atoms with E-state index in [4.69, 9.17) is 0 Å². The van der Waals surface area contributed by atoms with E-state index in [1.807, 2.05) is 0 Å². The summed E-state index contributed by atoms with van der Waals surface area (Å²) in [7, 11) is -3.58. The van der Waals surface area contributed by atoms with E-state index in [-0.39, 0.29) is 12.6 Å². The summed E-state index contributed by atoms with van der Waals surface area (Å²) in [6.45, 7) is 0.832. The van der Waals surface area contributed by atoms with Crippen molar-refractivity contribution in [1.29, 1.82) is 0 Å². The van der Waals surface area contributed by atoms with Gasteiger partial charge in [0.2, 0.25) is 0 Å². The van der Waals surface area contributed by atoms with E-state index in [0.29, 0.717) is 30.1 Å². The van der Waals surface area contributed by atoms with Crippen molar-refractivity contribution in [2.45, 2.75) is 37.6 Å². The molecule has 3 aliphatic rings. The molecule has 3 atom stereocenters. The van der Waals surface area contributed by atoms with Crippen molar-refractivity contribution in [3.63, 3.8) is 0 Å². The standard InChI is InChI=1S/C16H20N2O4S/c19-16(20)14-7-8-17(15-4-2-1-3-13(14)15)23(21,22)18-10-11-5-6-12(18)9-11/h1-4,11-12,14H,5-10H2,(H,19,20). The van der Waals surface area contributed by atoms with Gasteiger partial charge in [-0.15, -0.1) is 0 Å². The molecule has 124 valence electrons. The number of rotatable bonds is 3. The van der Waals surface area contributed by atoms with Crippen LogP contribution >= 0.6 is 0 Å². The van der Waals surface area contributed by atoms with Crippen LogP contribution in [0.1, 0.15) is 37.2 Å². The minimum absolute atomic E-state index is 0.120. The van der Waals surface area contributed by atoms with Gasteiger partial charge >= 0.3 is 16.2 Å². The number of carboxylic acid groups (broad SMARTS) is 1. The second kappa shape index (κ2) is 5.21. The Morgan fingerprint density at radius 2 is 1.96 bits per heavy atom. The molecule has 4 rings (SSSR count). The number of para-hydroxylation sites is 1. The van der Waals surface area contributed by atoms with Crippen LogP contribution in [0.3, 0.4) is 0 Å². The second-order valence-corrected chi connectivity index (χ2v) is 8.53. The molecule has 1 saturated carbocycles. The van der Waals surface area contributed by atoms with E-state index >= 15 is 0 Å². The van der Waals surface area contributed by atoms with E-state index in [1.165, 1.54) is 4.31 Å². The van der Waals surface area contributed by atoms with Gasteiger partial charge in [-0.1, -0.05) is 18.2 Å². The fraction of sp³-hybridized carbons (Fsp3) is 0.562. The van der Waals surface area contributed by atoms with Crippen molar-refractivity contribution in [2.24, 2.45) is 5.92 Å². The molecular weight excluding hydrogens is 316 g/mol. The molecule has 3 unspecified atom stereocenters. The van der Waals surface area contributed by atoms with E-state index in [1.54, 1.807) is 28.6 Å². The first-order valence-electron chi connectivity index (χ1n) is 8.09. The van der Waals surface area contributed by atoms with Gasteiger partial charge < -0.3 is 5.11 Å². The van der Waals surface area contributed by atoms with Crippen molar-refractivity contribution >= 4 is 21.9 Å². The Kier molecular flexibility index (Phi) is 3.39. The summed E-state index contributed by atoms with van der Waals surface area (Å²) in [5.74, 6) is -1.04. The molecule has 1 N–H and O–H groups in total. The Morgan fingerprint density at radius 3 is 2.61 bits per heavy atom. The summed E-state index contributed by atoms with van der Waals surface area (Å²) in [6.07, 6.45) is 3.34. The molecule has 0 radical (unpaired) electrons. The molecule has 1 aromatic carbocycles. The summed E-state index contributed by atoms with van der Waals surface area (Å²) >= 11 is 0. The third-order valence-electron chi connectivity index (χ3n) is 5.43. The van der Waals surface area contributed by atoms with Gasteiger partial charge in [-0.25, -0.2) is 0 Å². The molecule has 23 heavy (non-hydrogen) atoms. The number of piperidine rings is 1. The normalized spacial score (nSPS) is 30.4. The van der Waals surface area contributed by atoms with E-state index in [2.05, 4.69) is 0 Å². The van der Waals surface area contributed by atoms with Crippen molar-refractivity contribution < 1.29 is 18.3 Å². The summed E-state index contributed by atoms with van der Waals surface area (Å²) in [6, 6.07) is 7.10. The zero-order valence-electron chi connectivity index (χ0n) is 12.8. The highest BCUT2D eigenvalue weighted by molar-refractivity contribution is 7.90. The molecule has 1 saturated heterocycles. The van der Waals surface area contributed by atoms with Crippen molar-refractivity contribution in [1.82, 2.24) is 4.31 Å². The Hall–Kier alpha value is -1.60. The highest BCUT2D eigenvalue weighted by Gasteiger charge is 2.47. The fourth-order valence-electron chi connectivity index (χ4n) is 4.32. The quantitative estimate of drug-likeness (QED) is 0.913. The van der Waals surface area contributed by atoms with Gasteiger partial charge in [0.05, 0.1) is 11.6 Å². The number of aliphatic carboxylic acids is 1. The van der Waals surface area contributed by atoms with E-state index in [0.717, 1.165) is 19.3 Å². The largest absolute Gasteiger partial charge is 0.481 e. The summed E-state index contributed by atoms with van der Waals surface area (Å²) in [5, 5.41) is 9.39. The average molecular weight is 336 g/mol. The van der Waals surface area contributed by atoms with Crippen molar-refractivity contribution in [3.8, 4) is 0 Å².